The van der Waals surface area contributed by atoms with Crippen LogP contribution in [0.15, 0.2) is 21.1 Å². The van der Waals surface area contributed by atoms with E-state index in [0.29, 0.717) is 12.2 Å². The molecule has 0 aliphatic heterocycles. The lowest BCUT2D eigenvalue weighted by Crippen LogP contribution is -2.07. The van der Waals surface area contributed by atoms with Gasteiger partial charge in [-0.2, -0.15) is 0 Å². The summed E-state index contributed by atoms with van der Waals surface area (Å²) in [5, 5.41) is 0. The third-order valence-electron chi connectivity index (χ3n) is 1.73. The molecular weight excluding hydrogens is 312 g/mol. The molecule has 0 spiro atoms. The summed E-state index contributed by atoms with van der Waals surface area (Å²) >= 11 is 6.69. The van der Waals surface area contributed by atoms with Crippen LogP contribution in [0.4, 0.5) is 0 Å². The van der Waals surface area contributed by atoms with Crippen molar-refractivity contribution in [2.75, 3.05) is 6.61 Å². The van der Waals surface area contributed by atoms with Crippen LogP contribution in [-0.4, -0.2) is 12.6 Å². The Morgan fingerprint density at radius 2 is 2.07 bits per heavy atom. The maximum atomic E-state index is 11.5. The predicted molar refractivity (Wildman–Crippen MR) is 62.5 cm³/mol. The van der Waals surface area contributed by atoms with Crippen molar-refractivity contribution >= 4 is 37.8 Å². The van der Waals surface area contributed by atoms with Crippen molar-refractivity contribution in [3.05, 3.63) is 32.2 Å². The molecule has 4 heteroatoms. The van der Waals surface area contributed by atoms with Crippen molar-refractivity contribution in [2.24, 2.45) is 0 Å². The van der Waals surface area contributed by atoms with Crippen molar-refractivity contribution < 1.29 is 9.53 Å². The van der Waals surface area contributed by atoms with E-state index in [-0.39, 0.29) is 5.97 Å². The number of halogens is 2. The summed E-state index contributed by atoms with van der Waals surface area (Å²) in [6.45, 7) is 4.06. The van der Waals surface area contributed by atoms with Crippen LogP contribution in [0, 0.1) is 6.92 Å². The summed E-state index contributed by atoms with van der Waals surface area (Å²) < 4.78 is 6.64. The summed E-state index contributed by atoms with van der Waals surface area (Å²) in [6, 6.07) is 3.72. The average Bonchev–Trinajstić information content (AvgIpc) is 2.01. The minimum absolute atomic E-state index is 0.288. The molecule has 1 aromatic carbocycles. The molecule has 0 saturated carbocycles. The first-order valence-electron chi connectivity index (χ1n) is 4.19. The van der Waals surface area contributed by atoms with Gasteiger partial charge in [0.1, 0.15) is 0 Å². The molecule has 1 rings (SSSR count). The number of ether oxygens (including phenoxy) is 1. The highest BCUT2D eigenvalue weighted by molar-refractivity contribution is 9.11. The van der Waals surface area contributed by atoms with E-state index >= 15 is 0 Å². The molecule has 0 amide bonds. The third kappa shape index (κ3) is 2.58. The summed E-state index contributed by atoms with van der Waals surface area (Å²) in [7, 11) is 0. The molecule has 0 aliphatic carbocycles. The van der Waals surface area contributed by atoms with Crippen LogP contribution >= 0.6 is 31.9 Å². The van der Waals surface area contributed by atoms with E-state index < -0.39 is 0 Å². The van der Waals surface area contributed by atoms with E-state index in [0.717, 1.165) is 14.5 Å². The number of carbonyl (C=O) groups is 1. The van der Waals surface area contributed by atoms with Crippen LogP contribution in [0.2, 0.25) is 0 Å². The molecule has 0 bridgehead atoms. The lowest BCUT2D eigenvalue weighted by atomic mass is 10.1. The smallest absolute Gasteiger partial charge is 0.339 e. The molecule has 1 aromatic rings. The van der Waals surface area contributed by atoms with Gasteiger partial charge in [-0.15, -0.1) is 0 Å². The van der Waals surface area contributed by atoms with E-state index in [1.807, 2.05) is 19.1 Å². The fourth-order valence-electron chi connectivity index (χ4n) is 1.16. The average molecular weight is 322 g/mol. The van der Waals surface area contributed by atoms with E-state index in [1.165, 1.54) is 0 Å². The van der Waals surface area contributed by atoms with Gasteiger partial charge in [0, 0.05) is 8.95 Å². The number of rotatable bonds is 2. The van der Waals surface area contributed by atoms with Crippen LogP contribution in [-0.2, 0) is 4.74 Å². The zero-order valence-electron chi connectivity index (χ0n) is 7.93. The maximum Gasteiger partial charge on any atom is 0.339 e. The van der Waals surface area contributed by atoms with Crippen molar-refractivity contribution in [1.29, 1.82) is 0 Å². The molecule has 2 nitrogen and oxygen atoms in total. The molecule has 0 aromatic heterocycles. The minimum Gasteiger partial charge on any atom is -0.462 e. The van der Waals surface area contributed by atoms with Gasteiger partial charge in [0.05, 0.1) is 12.2 Å². The van der Waals surface area contributed by atoms with Gasteiger partial charge in [-0.3, -0.25) is 0 Å². The summed E-state index contributed by atoms with van der Waals surface area (Å²) in [5.74, 6) is -0.288. The fourth-order valence-corrected chi connectivity index (χ4v) is 2.76. The number of hydrogen-bond acceptors (Lipinski definition) is 2. The Morgan fingerprint density at radius 1 is 1.43 bits per heavy atom. The zero-order valence-corrected chi connectivity index (χ0v) is 11.1. The van der Waals surface area contributed by atoms with Gasteiger partial charge in [0.2, 0.25) is 0 Å². The molecule has 0 N–H and O–H groups in total. The Kier molecular flexibility index (Phi) is 4.13. The Labute approximate surface area is 99.9 Å². The molecular formula is C10H10Br2O2. The lowest BCUT2D eigenvalue weighted by molar-refractivity contribution is 0.0524. The Morgan fingerprint density at radius 3 is 2.57 bits per heavy atom. The van der Waals surface area contributed by atoms with Gasteiger partial charge in [-0.1, -0.05) is 15.9 Å². The van der Waals surface area contributed by atoms with Gasteiger partial charge in [0.15, 0.2) is 0 Å². The number of hydrogen-bond donors (Lipinski definition) is 0. The van der Waals surface area contributed by atoms with Gasteiger partial charge in [-0.25, -0.2) is 4.79 Å². The number of benzene rings is 1. The Bertz CT molecular complexity index is 338. The summed E-state index contributed by atoms with van der Waals surface area (Å²) in [6.07, 6.45) is 0. The van der Waals surface area contributed by atoms with E-state index in [2.05, 4.69) is 31.9 Å². The third-order valence-corrected chi connectivity index (χ3v) is 2.81. The van der Waals surface area contributed by atoms with Crippen molar-refractivity contribution in [3.63, 3.8) is 0 Å². The topological polar surface area (TPSA) is 26.3 Å². The van der Waals surface area contributed by atoms with Crippen LogP contribution in [0.3, 0.4) is 0 Å². The largest absolute Gasteiger partial charge is 0.462 e. The fraction of sp³-hybridized carbons (Fsp3) is 0.300. The van der Waals surface area contributed by atoms with Gasteiger partial charge >= 0.3 is 5.97 Å². The summed E-state index contributed by atoms with van der Waals surface area (Å²) in [5.41, 5.74) is 1.49. The quantitative estimate of drug-likeness (QED) is 0.776. The molecule has 0 fully saturated rings. The van der Waals surface area contributed by atoms with E-state index in [9.17, 15) is 4.79 Å². The molecule has 0 aliphatic rings. The second-order valence-electron chi connectivity index (χ2n) is 2.80. The van der Waals surface area contributed by atoms with Gasteiger partial charge in [0.25, 0.3) is 0 Å². The highest BCUT2D eigenvalue weighted by Gasteiger charge is 2.14. The van der Waals surface area contributed by atoms with E-state index in [1.54, 1.807) is 6.92 Å². The first-order valence-corrected chi connectivity index (χ1v) is 5.77. The highest BCUT2D eigenvalue weighted by Crippen LogP contribution is 2.26. The highest BCUT2D eigenvalue weighted by atomic mass is 79.9. The van der Waals surface area contributed by atoms with Gasteiger partial charge < -0.3 is 4.74 Å². The normalized spacial score (nSPS) is 10.0. The van der Waals surface area contributed by atoms with Gasteiger partial charge in [-0.05, 0) is 47.5 Å². The first-order chi connectivity index (χ1) is 6.56. The molecule has 0 unspecified atom stereocenters. The second kappa shape index (κ2) is 4.94. The molecule has 0 radical (unpaired) electrons. The molecule has 14 heavy (non-hydrogen) atoms. The molecule has 76 valence electrons. The maximum absolute atomic E-state index is 11.5. The minimum atomic E-state index is -0.288. The van der Waals surface area contributed by atoms with Crippen LogP contribution in [0.25, 0.3) is 0 Å². The predicted octanol–water partition coefficient (Wildman–Crippen LogP) is 3.70. The molecule has 0 atom stereocenters. The van der Waals surface area contributed by atoms with Crippen molar-refractivity contribution in [1.82, 2.24) is 0 Å². The lowest BCUT2D eigenvalue weighted by Gasteiger charge is -2.08. The van der Waals surface area contributed by atoms with E-state index in [4.69, 9.17) is 4.74 Å². The molecule has 0 saturated heterocycles. The summed E-state index contributed by atoms with van der Waals surface area (Å²) in [4.78, 5) is 11.5. The van der Waals surface area contributed by atoms with Crippen molar-refractivity contribution in [2.45, 2.75) is 13.8 Å². The Hall–Kier alpha value is -0.350. The number of esters is 1. The van der Waals surface area contributed by atoms with Crippen molar-refractivity contribution in [3.8, 4) is 0 Å². The Balaban J connectivity index is 3.14. The monoisotopic (exact) mass is 320 g/mol. The SMILES string of the molecule is CCOC(=O)c1c(C)cc(Br)cc1Br. The second-order valence-corrected chi connectivity index (χ2v) is 4.57. The van der Waals surface area contributed by atoms with Crippen LogP contribution in [0.1, 0.15) is 22.8 Å². The number of carbonyl (C=O) groups excluding carboxylic acids is 1. The van der Waals surface area contributed by atoms with Crippen LogP contribution < -0.4 is 0 Å². The first kappa shape index (κ1) is 11.7. The standard InChI is InChI=1S/C10H10Br2O2/c1-3-14-10(13)9-6(2)4-7(11)5-8(9)12/h4-5H,3H2,1-2H3. The molecule has 0 heterocycles. The zero-order chi connectivity index (χ0) is 10.7. The number of aryl methyl sites for hydroxylation is 1. The van der Waals surface area contributed by atoms with Crippen LogP contribution in [0.5, 0.6) is 0 Å².